The summed E-state index contributed by atoms with van der Waals surface area (Å²) in [6.45, 7) is 5.31. The van der Waals surface area contributed by atoms with Gasteiger partial charge in [-0.2, -0.15) is 13.2 Å². The van der Waals surface area contributed by atoms with E-state index in [0.717, 1.165) is 17.8 Å². The number of aromatic amines is 1. The summed E-state index contributed by atoms with van der Waals surface area (Å²) in [5.41, 5.74) is 2.80. The van der Waals surface area contributed by atoms with Crippen LogP contribution in [0.1, 0.15) is 22.8 Å². The number of aryl methyl sites for hydroxylation is 3. The summed E-state index contributed by atoms with van der Waals surface area (Å²) in [5.74, 6) is 1.20. The highest BCUT2D eigenvalue weighted by Gasteiger charge is 2.34. The summed E-state index contributed by atoms with van der Waals surface area (Å²) in [6.07, 6.45) is -2.15. The lowest BCUT2D eigenvalue weighted by Crippen LogP contribution is -2.07. The van der Waals surface area contributed by atoms with Gasteiger partial charge in [0, 0.05) is 29.1 Å². The number of aromatic nitrogens is 4. The van der Waals surface area contributed by atoms with Gasteiger partial charge in [0.05, 0.1) is 22.3 Å². The predicted molar refractivity (Wildman–Crippen MR) is 94.0 cm³/mol. The van der Waals surface area contributed by atoms with Crippen LogP contribution >= 0.6 is 0 Å². The molecule has 1 N–H and O–H groups in total. The van der Waals surface area contributed by atoms with E-state index in [9.17, 15) is 13.2 Å². The van der Waals surface area contributed by atoms with Crippen molar-refractivity contribution in [2.75, 3.05) is 0 Å². The van der Waals surface area contributed by atoms with Crippen molar-refractivity contribution in [3.05, 3.63) is 53.4 Å². The maximum absolute atomic E-state index is 13.6. The molecule has 1 aromatic carbocycles. The minimum absolute atomic E-state index is 0.0184. The lowest BCUT2D eigenvalue weighted by molar-refractivity contribution is -0.137. The SMILES string of the molecule is Cc1nc2c(-c3cnccc3C(F)(F)F)cc(-c3c(C)noc3C)cc2[nH]1. The molecule has 0 spiro atoms. The Kier molecular flexibility index (Phi) is 3.80. The number of pyridine rings is 1. The number of benzene rings is 1. The maximum Gasteiger partial charge on any atom is 0.417 e. The summed E-state index contributed by atoms with van der Waals surface area (Å²) >= 11 is 0. The van der Waals surface area contributed by atoms with E-state index in [0.29, 0.717) is 39.4 Å². The molecule has 3 aromatic heterocycles. The van der Waals surface area contributed by atoms with E-state index < -0.39 is 11.7 Å². The first kappa shape index (κ1) is 17.3. The zero-order chi connectivity index (χ0) is 19.3. The topological polar surface area (TPSA) is 67.6 Å². The van der Waals surface area contributed by atoms with Crippen molar-refractivity contribution < 1.29 is 17.7 Å². The Morgan fingerprint density at radius 1 is 1.07 bits per heavy atom. The van der Waals surface area contributed by atoms with Crippen molar-refractivity contribution in [2.24, 2.45) is 0 Å². The zero-order valence-corrected chi connectivity index (χ0v) is 14.8. The number of hydrogen-bond acceptors (Lipinski definition) is 4. The van der Waals surface area contributed by atoms with Crippen LogP contribution in [0.5, 0.6) is 0 Å². The molecular formula is C19H15F3N4O. The molecular weight excluding hydrogens is 357 g/mol. The largest absolute Gasteiger partial charge is 0.417 e. The highest BCUT2D eigenvalue weighted by atomic mass is 19.4. The molecule has 0 saturated carbocycles. The van der Waals surface area contributed by atoms with E-state index in [1.54, 1.807) is 26.8 Å². The number of halogens is 3. The number of nitrogens with one attached hydrogen (secondary N) is 1. The summed E-state index contributed by atoms with van der Waals surface area (Å²) in [6, 6.07) is 4.50. The van der Waals surface area contributed by atoms with Crippen LogP contribution in [0.25, 0.3) is 33.3 Å². The number of fused-ring (bicyclic) bond motifs is 1. The molecule has 0 amide bonds. The fourth-order valence-corrected chi connectivity index (χ4v) is 3.34. The van der Waals surface area contributed by atoms with Crippen molar-refractivity contribution in [3.63, 3.8) is 0 Å². The molecule has 3 heterocycles. The van der Waals surface area contributed by atoms with Crippen LogP contribution in [0.4, 0.5) is 13.2 Å². The quantitative estimate of drug-likeness (QED) is 0.524. The Hall–Kier alpha value is -3.16. The van der Waals surface area contributed by atoms with Crippen molar-refractivity contribution >= 4 is 11.0 Å². The molecule has 0 bridgehead atoms. The third-order valence-corrected chi connectivity index (χ3v) is 4.44. The van der Waals surface area contributed by atoms with Crippen molar-refractivity contribution in [1.29, 1.82) is 0 Å². The molecule has 27 heavy (non-hydrogen) atoms. The fourth-order valence-electron chi connectivity index (χ4n) is 3.34. The van der Waals surface area contributed by atoms with Crippen LogP contribution in [0.3, 0.4) is 0 Å². The summed E-state index contributed by atoms with van der Waals surface area (Å²) in [5, 5.41) is 3.94. The third-order valence-electron chi connectivity index (χ3n) is 4.44. The first-order valence-corrected chi connectivity index (χ1v) is 8.21. The van der Waals surface area contributed by atoms with E-state index in [1.807, 2.05) is 6.07 Å². The highest BCUT2D eigenvalue weighted by molar-refractivity contribution is 5.97. The van der Waals surface area contributed by atoms with E-state index in [2.05, 4.69) is 20.1 Å². The minimum Gasteiger partial charge on any atom is -0.361 e. The van der Waals surface area contributed by atoms with E-state index in [4.69, 9.17) is 4.52 Å². The first-order valence-electron chi connectivity index (χ1n) is 8.21. The highest BCUT2D eigenvalue weighted by Crippen LogP contribution is 2.41. The van der Waals surface area contributed by atoms with Crippen LogP contribution in [0.15, 0.2) is 35.1 Å². The van der Waals surface area contributed by atoms with Gasteiger partial charge in [0.2, 0.25) is 0 Å². The maximum atomic E-state index is 13.6. The smallest absolute Gasteiger partial charge is 0.361 e. The lowest BCUT2D eigenvalue weighted by atomic mass is 9.95. The molecule has 0 aliphatic carbocycles. The number of imidazole rings is 1. The van der Waals surface area contributed by atoms with Crippen LogP contribution in [-0.2, 0) is 6.18 Å². The molecule has 5 nitrogen and oxygen atoms in total. The predicted octanol–water partition coefficient (Wildman–Crippen LogP) is 5.22. The Balaban J connectivity index is 2.07. The van der Waals surface area contributed by atoms with Gasteiger partial charge >= 0.3 is 6.18 Å². The average Bonchev–Trinajstić information content (AvgIpc) is 3.14. The van der Waals surface area contributed by atoms with Gasteiger partial charge in [0.25, 0.3) is 0 Å². The average molecular weight is 372 g/mol. The summed E-state index contributed by atoms with van der Waals surface area (Å²) in [7, 11) is 0. The second kappa shape index (κ2) is 5.94. The van der Waals surface area contributed by atoms with Crippen molar-refractivity contribution in [2.45, 2.75) is 26.9 Å². The molecule has 8 heteroatoms. The van der Waals surface area contributed by atoms with Crippen molar-refractivity contribution in [3.8, 4) is 22.3 Å². The van der Waals surface area contributed by atoms with Gasteiger partial charge in [-0.15, -0.1) is 0 Å². The molecule has 4 rings (SSSR count). The monoisotopic (exact) mass is 372 g/mol. The van der Waals surface area contributed by atoms with Gasteiger partial charge in [-0.25, -0.2) is 4.98 Å². The number of rotatable bonds is 2. The molecule has 0 atom stereocenters. The van der Waals surface area contributed by atoms with Crippen LogP contribution in [0, 0.1) is 20.8 Å². The van der Waals surface area contributed by atoms with Gasteiger partial charge in [-0.3, -0.25) is 4.98 Å². The first-order chi connectivity index (χ1) is 12.8. The van der Waals surface area contributed by atoms with Gasteiger partial charge in [-0.05, 0) is 44.5 Å². The lowest BCUT2D eigenvalue weighted by Gasteiger charge is -2.14. The zero-order valence-electron chi connectivity index (χ0n) is 14.8. The number of H-pyrrole nitrogens is 1. The normalized spacial score (nSPS) is 12.1. The Labute approximate surface area is 152 Å². The Morgan fingerprint density at radius 3 is 2.52 bits per heavy atom. The third kappa shape index (κ3) is 2.87. The van der Waals surface area contributed by atoms with Gasteiger partial charge < -0.3 is 9.51 Å². The van der Waals surface area contributed by atoms with E-state index >= 15 is 0 Å². The standard InChI is InChI=1S/C19H15F3N4O/c1-9-17(10(2)27-26-9)12-6-13(18-16(7-12)24-11(3)25-18)14-8-23-5-4-15(14)19(20,21)22/h4-8H,1-3H3,(H,24,25). The Morgan fingerprint density at radius 2 is 1.85 bits per heavy atom. The molecule has 0 aliphatic heterocycles. The van der Waals surface area contributed by atoms with Crippen LogP contribution < -0.4 is 0 Å². The van der Waals surface area contributed by atoms with Gasteiger partial charge in [-0.1, -0.05) is 5.16 Å². The van der Waals surface area contributed by atoms with E-state index in [-0.39, 0.29) is 5.56 Å². The van der Waals surface area contributed by atoms with Gasteiger partial charge in [0.15, 0.2) is 0 Å². The minimum atomic E-state index is -4.50. The van der Waals surface area contributed by atoms with Crippen molar-refractivity contribution in [1.82, 2.24) is 20.1 Å². The Bertz CT molecular complexity index is 1140. The fraction of sp³-hybridized carbons (Fsp3) is 0.211. The van der Waals surface area contributed by atoms with Crippen LogP contribution in [-0.4, -0.2) is 20.1 Å². The van der Waals surface area contributed by atoms with E-state index in [1.165, 1.54) is 6.20 Å². The molecule has 0 fully saturated rings. The van der Waals surface area contributed by atoms with Crippen LogP contribution in [0.2, 0.25) is 0 Å². The van der Waals surface area contributed by atoms with Gasteiger partial charge in [0.1, 0.15) is 11.6 Å². The molecule has 0 aliphatic rings. The molecule has 0 radical (unpaired) electrons. The molecule has 138 valence electrons. The second-order valence-corrected chi connectivity index (χ2v) is 6.36. The molecule has 4 aromatic rings. The molecule has 0 saturated heterocycles. The number of hydrogen-bond donors (Lipinski definition) is 1. The number of alkyl halides is 3. The molecule has 0 unspecified atom stereocenters. The second-order valence-electron chi connectivity index (χ2n) is 6.36. The number of nitrogens with zero attached hydrogens (tertiary/aromatic N) is 3. The summed E-state index contributed by atoms with van der Waals surface area (Å²) in [4.78, 5) is 11.4. The summed E-state index contributed by atoms with van der Waals surface area (Å²) < 4.78 is 45.9.